The average Bonchev–Trinajstić information content (AvgIpc) is 3.05. The Bertz CT molecular complexity index is 829. The van der Waals surface area contributed by atoms with Crippen LogP contribution >= 0.6 is 0 Å². The Labute approximate surface area is 145 Å². The van der Waals surface area contributed by atoms with E-state index in [4.69, 9.17) is 0 Å². The Morgan fingerprint density at radius 1 is 1.12 bits per heavy atom. The number of rotatable bonds is 6. The first kappa shape index (κ1) is 16.7. The summed E-state index contributed by atoms with van der Waals surface area (Å²) in [4.78, 5) is 12.8. The van der Waals surface area contributed by atoms with Crippen molar-refractivity contribution >= 4 is 5.91 Å². The molecule has 0 bridgehead atoms. The van der Waals surface area contributed by atoms with Crippen LogP contribution in [0.3, 0.4) is 0 Å². The van der Waals surface area contributed by atoms with E-state index in [0.29, 0.717) is 17.8 Å². The SMILES string of the molecule is Cc1nonc1CNC(=O)C(Cc1ccc(O)cc1)c1ccccc1. The lowest BCUT2D eigenvalue weighted by molar-refractivity contribution is -0.122. The summed E-state index contributed by atoms with van der Waals surface area (Å²) in [7, 11) is 0. The van der Waals surface area contributed by atoms with Crippen LogP contribution in [0.4, 0.5) is 0 Å². The third-order valence-corrected chi connectivity index (χ3v) is 4.07. The number of aryl methyl sites for hydroxylation is 1. The van der Waals surface area contributed by atoms with E-state index in [2.05, 4.69) is 20.3 Å². The second-order valence-corrected chi connectivity index (χ2v) is 5.85. The summed E-state index contributed by atoms with van der Waals surface area (Å²) in [6, 6.07) is 16.5. The van der Waals surface area contributed by atoms with Gasteiger partial charge in [-0.15, -0.1) is 0 Å². The molecule has 0 saturated heterocycles. The molecule has 25 heavy (non-hydrogen) atoms. The van der Waals surface area contributed by atoms with Gasteiger partial charge in [0.1, 0.15) is 17.1 Å². The second-order valence-electron chi connectivity index (χ2n) is 5.85. The van der Waals surface area contributed by atoms with Gasteiger partial charge >= 0.3 is 0 Å². The van der Waals surface area contributed by atoms with Crippen molar-refractivity contribution in [2.75, 3.05) is 0 Å². The molecule has 3 aromatic rings. The highest BCUT2D eigenvalue weighted by molar-refractivity contribution is 5.84. The fourth-order valence-electron chi connectivity index (χ4n) is 2.62. The van der Waals surface area contributed by atoms with Crippen LogP contribution in [0.2, 0.25) is 0 Å². The molecule has 0 aliphatic rings. The van der Waals surface area contributed by atoms with Crippen LogP contribution < -0.4 is 5.32 Å². The minimum absolute atomic E-state index is 0.0957. The minimum Gasteiger partial charge on any atom is -0.508 e. The summed E-state index contributed by atoms with van der Waals surface area (Å²) in [5, 5.41) is 19.8. The molecular weight excluding hydrogens is 318 g/mol. The van der Waals surface area contributed by atoms with Crippen molar-refractivity contribution in [3.63, 3.8) is 0 Å². The van der Waals surface area contributed by atoms with Crippen molar-refractivity contribution in [2.24, 2.45) is 0 Å². The third-order valence-electron chi connectivity index (χ3n) is 4.07. The van der Waals surface area contributed by atoms with Gasteiger partial charge in [-0.1, -0.05) is 52.8 Å². The fraction of sp³-hybridized carbons (Fsp3) is 0.211. The number of phenols is 1. The topological polar surface area (TPSA) is 88.3 Å². The largest absolute Gasteiger partial charge is 0.508 e. The predicted molar refractivity (Wildman–Crippen MR) is 91.9 cm³/mol. The molecule has 1 aromatic heterocycles. The molecule has 6 nitrogen and oxygen atoms in total. The Morgan fingerprint density at radius 3 is 2.48 bits per heavy atom. The number of hydrogen-bond acceptors (Lipinski definition) is 5. The maximum atomic E-state index is 12.8. The van der Waals surface area contributed by atoms with Crippen LogP contribution in [0.1, 0.15) is 28.4 Å². The van der Waals surface area contributed by atoms with Gasteiger partial charge in [0.15, 0.2) is 0 Å². The van der Waals surface area contributed by atoms with Gasteiger partial charge in [0.2, 0.25) is 5.91 Å². The van der Waals surface area contributed by atoms with Crippen molar-refractivity contribution in [1.29, 1.82) is 0 Å². The third kappa shape index (κ3) is 4.23. The van der Waals surface area contributed by atoms with Crippen molar-refractivity contribution < 1.29 is 14.5 Å². The molecule has 0 spiro atoms. The van der Waals surface area contributed by atoms with Gasteiger partial charge in [-0.05, 0) is 36.6 Å². The lowest BCUT2D eigenvalue weighted by Crippen LogP contribution is -2.30. The van der Waals surface area contributed by atoms with Gasteiger partial charge in [0, 0.05) is 0 Å². The van der Waals surface area contributed by atoms with Crippen molar-refractivity contribution in [3.05, 3.63) is 77.1 Å². The molecule has 2 aromatic carbocycles. The van der Waals surface area contributed by atoms with E-state index in [9.17, 15) is 9.90 Å². The summed E-state index contributed by atoms with van der Waals surface area (Å²) >= 11 is 0. The monoisotopic (exact) mass is 337 g/mol. The van der Waals surface area contributed by atoms with Crippen LogP contribution in [0.5, 0.6) is 5.75 Å². The number of phenolic OH excluding ortho intramolecular Hbond substituents is 1. The summed E-state index contributed by atoms with van der Waals surface area (Å²) in [6.07, 6.45) is 0.534. The first-order valence-corrected chi connectivity index (χ1v) is 8.02. The number of aromatic hydroxyl groups is 1. The molecule has 0 saturated carbocycles. The predicted octanol–water partition coefficient (Wildman–Crippen LogP) is 2.73. The lowest BCUT2D eigenvalue weighted by atomic mass is 9.91. The number of nitrogens with one attached hydrogen (secondary N) is 1. The molecule has 0 aliphatic heterocycles. The van der Waals surface area contributed by atoms with E-state index in [1.807, 2.05) is 42.5 Å². The molecule has 2 N–H and O–H groups in total. The van der Waals surface area contributed by atoms with Crippen LogP contribution in [-0.4, -0.2) is 21.3 Å². The normalized spacial score (nSPS) is 11.9. The van der Waals surface area contributed by atoms with E-state index in [-0.39, 0.29) is 24.1 Å². The zero-order valence-electron chi connectivity index (χ0n) is 13.8. The molecule has 1 amide bonds. The van der Waals surface area contributed by atoms with Crippen LogP contribution in [0.15, 0.2) is 59.2 Å². The quantitative estimate of drug-likeness (QED) is 0.722. The second kappa shape index (κ2) is 7.61. The highest BCUT2D eigenvalue weighted by Gasteiger charge is 2.21. The first-order chi connectivity index (χ1) is 12.1. The van der Waals surface area contributed by atoms with Gasteiger partial charge in [-0.2, -0.15) is 0 Å². The molecular formula is C19H19N3O3. The lowest BCUT2D eigenvalue weighted by Gasteiger charge is -2.17. The minimum atomic E-state index is -0.342. The molecule has 0 aliphatic carbocycles. The van der Waals surface area contributed by atoms with Crippen molar-refractivity contribution in [3.8, 4) is 5.75 Å². The Balaban J connectivity index is 1.77. The van der Waals surface area contributed by atoms with Gasteiger partial charge < -0.3 is 10.4 Å². The van der Waals surface area contributed by atoms with E-state index in [0.717, 1.165) is 11.1 Å². The van der Waals surface area contributed by atoms with Gasteiger partial charge in [-0.25, -0.2) is 4.63 Å². The molecule has 3 rings (SSSR count). The van der Waals surface area contributed by atoms with Crippen molar-refractivity contribution in [2.45, 2.75) is 25.8 Å². The summed E-state index contributed by atoms with van der Waals surface area (Å²) < 4.78 is 4.65. The standard InChI is InChI=1S/C19H19N3O3/c1-13-18(22-25-21-13)12-20-19(24)17(15-5-3-2-4-6-15)11-14-7-9-16(23)10-8-14/h2-10,17,23H,11-12H2,1H3,(H,20,24). The van der Waals surface area contributed by atoms with Crippen LogP contribution in [-0.2, 0) is 17.8 Å². The molecule has 1 heterocycles. The number of amides is 1. The van der Waals surface area contributed by atoms with E-state index in [1.165, 1.54) is 0 Å². The Kier molecular flexibility index (Phi) is 5.09. The number of aromatic nitrogens is 2. The number of hydrogen-bond donors (Lipinski definition) is 2. The fourth-order valence-corrected chi connectivity index (χ4v) is 2.62. The molecule has 0 radical (unpaired) electrons. The molecule has 0 fully saturated rings. The summed E-state index contributed by atoms with van der Waals surface area (Å²) in [6.45, 7) is 2.05. The maximum absolute atomic E-state index is 12.8. The van der Waals surface area contributed by atoms with E-state index >= 15 is 0 Å². The Morgan fingerprint density at radius 2 is 1.84 bits per heavy atom. The molecule has 1 unspecified atom stereocenters. The van der Waals surface area contributed by atoms with Gasteiger partial charge in [0.25, 0.3) is 0 Å². The van der Waals surface area contributed by atoms with E-state index < -0.39 is 0 Å². The average molecular weight is 337 g/mol. The van der Waals surface area contributed by atoms with E-state index in [1.54, 1.807) is 19.1 Å². The summed E-state index contributed by atoms with van der Waals surface area (Å²) in [5.41, 5.74) is 3.18. The van der Waals surface area contributed by atoms with Gasteiger partial charge in [-0.3, -0.25) is 4.79 Å². The molecule has 6 heteroatoms. The van der Waals surface area contributed by atoms with Crippen molar-refractivity contribution in [1.82, 2.24) is 15.6 Å². The highest BCUT2D eigenvalue weighted by atomic mass is 16.6. The molecule has 128 valence electrons. The summed E-state index contributed by atoms with van der Waals surface area (Å²) in [5.74, 6) is -0.231. The number of nitrogens with zero attached hydrogens (tertiary/aromatic N) is 2. The van der Waals surface area contributed by atoms with Gasteiger partial charge in [0.05, 0.1) is 12.5 Å². The smallest absolute Gasteiger partial charge is 0.228 e. The Hall–Kier alpha value is -3.15. The number of carbonyl (C=O) groups excluding carboxylic acids is 1. The highest BCUT2D eigenvalue weighted by Crippen LogP contribution is 2.22. The number of benzene rings is 2. The molecule has 1 atom stereocenters. The van der Waals surface area contributed by atoms with Crippen LogP contribution in [0, 0.1) is 6.92 Å². The first-order valence-electron chi connectivity index (χ1n) is 8.02. The zero-order valence-corrected chi connectivity index (χ0v) is 13.8. The maximum Gasteiger partial charge on any atom is 0.228 e. The van der Waals surface area contributed by atoms with Crippen LogP contribution in [0.25, 0.3) is 0 Å². The number of carbonyl (C=O) groups is 1. The zero-order chi connectivity index (χ0) is 17.6.